The Labute approximate surface area is 123 Å². The van der Waals surface area contributed by atoms with Gasteiger partial charge in [-0.25, -0.2) is 0 Å². The lowest BCUT2D eigenvalue weighted by molar-refractivity contribution is 0.380. The Morgan fingerprint density at radius 2 is 1.86 bits per heavy atom. The Morgan fingerprint density at radius 3 is 2.52 bits per heavy atom. The lowest BCUT2D eigenvalue weighted by Gasteiger charge is -2.09. The van der Waals surface area contributed by atoms with E-state index in [1.165, 1.54) is 16.7 Å². The fourth-order valence-electron chi connectivity index (χ4n) is 2.37. The van der Waals surface area contributed by atoms with E-state index in [-0.39, 0.29) is 6.54 Å². The first-order chi connectivity index (χ1) is 10.3. The smallest absolute Gasteiger partial charge is 0.240 e. The number of nitrogens with two attached hydrogens (primary N) is 1. The highest BCUT2D eigenvalue weighted by Gasteiger charge is 2.11. The van der Waals surface area contributed by atoms with Gasteiger partial charge in [-0.05, 0) is 29.2 Å². The molecule has 3 rings (SSSR count). The molecule has 0 aliphatic heterocycles. The maximum atomic E-state index is 5.51. The molecule has 0 bridgehead atoms. The molecule has 0 saturated carbocycles. The molecular weight excluding hydrogens is 262 g/mol. The second-order valence-electron chi connectivity index (χ2n) is 4.81. The molecule has 1 heterocycles. The number of aromatic nitrogens is 2. The largest absolute Gasteiger partial charge is 0.338 e. The van der Waals surface area contributed by atoms with E-state index in [1.807, 2.05) is 24.3 Å². The quantitative estimate of drug-likeness (QED) is 0.794. The third kappa shape index (κ3) is 2.71. The normalized spacial score (nSPS) is 10.8. The van der Waals surface area contributed by atoms with Crippen molar-refractivity contribution in [3.63, 3.8) is 0 Å². The van der Waals surface area contributed by atoms with Gasteiger partial charge < -0.3 is 10.3 Å². The van der Waals surface area contributed by atoms with Crippen LogP contribution in [0.1, 0.15) is 18.4 Å². The van der Waals surface area contributed by atoms with Crippen molar-refractivity contribution < 1.29 is 4.52 Å². The first kappa shape index (κ1) is 13.5. The molecule has 2 N–H and O–H groups in total. The van der Waals surface area contributed by atoms with E-state index >= 15 is 0 Å². The lowest BCUT2D eigenvalue weighted by atomic mass is 9.96. The lowest BCUT2D eigenvalue weighted by Crippen LogP contribution is -1.95. The van der Waals surface area contributed by atoms with Gasteiger partial charge in [-0.2, -0.15) is 4.98 Å². The maximum absolute atomic E-state index is 5.51. The van der Waals surface area contributed by atoms with E-state index in [2.05, 4.69) is 41.3 Å². The topological polar surface area (TPSA) is 64.9 Å². The van der Waals surface area contributed by atoms with Crippen molar-refractivity contribution in [2.24, 2.45) is 5.73 Å². The van der Waals surface area contributed by atoms with Gasteiger partial charge in [0.1, 0.15) is 0 Å². The molecular formula is C17H17N3O. The standard InChI is InChI=1S/C17H17N3O/c1-2-12-8-9-14(17-19-16(11-18)21-20-17)10-15(12)13-6-4-3-5-7-13/h3-10H,2,11,18H2,1H3. The molecule has 3 aromatic rings. The predicted octanol–water partition coefficient (Wildman–Crippen LogP) is 3.42. The molecule has 0 unspecified atom stereocenters. The van der Waals surface area contributed by atoms with Crippen molar-refractivity contribution in [3.05, 3.63) is 60.0 Å². The van der Waals surface area contributed by atoms with Gasteiger partial charge in [-0.3, -0.25) is 0 Å². The summed E-state index contributed by atoms with van der Waals surface area (Å²) in [5.74, 6) is 1.03. The van der Waals surface area contributed by atoms with Gasteiger partial charge in [-0.15, -0.1) is 0 Å². The van der Waals surface area contributed by atoms with Crippen molar-refractivity contribution >= 4 is 0 Å². The monoisotopic (exact) mass is 279 g/mol. The molecule has 0 atom stereocenters. The summed E-state index contributed by atoms with van der Waals surface area (Å²) in [4.78, 5) is 4.29. The van der Waals surface area contributed by atoms with E-state index in [4.69, 9.17) is 10.3 Å². The van der Waals surface area contributed by atoms with Crippen molar-refractivity contribution in [1.29, 1.82) is 0 Å². The first-order valence-electron chi connectivity index (χ1n) is 7.03. The number of rotatable bonds is 4. The van der Waals surface area contributed by atoms with Crippen LogP contribution in [0.25, 0.3) is 22.5 Å². The molecule has 2 aromatic carbocycles. The maximum Gasteiger partial charge on any atom is 0.240 e. The Kier molecular flexibility index (Phi) is 3.79. The molecule has 0 radical (unpaired) electrons. The molecule has 4 nitrogen and oxygen atoms in total. The van der Waals surface area contributed by atoms with E-state index in [0.717, 1.165) is 12.0 Å². The fourth-order valence-corrected chi connectivity index (χ4v) is 2.37. The zero-order valence-electron chi connectivity index (χ0n) is 11.9. The van der Waals surface area contributed by atoms with Crippen LogP contribution in [-0.2, 0) is 13.0 Å². The van der Waals surface area contributed by atoms with Crippen molar-refractivity contribution in [3.8, 4) is 22.5 Å². The van der Waals surface area contributed by atoms with Crippen LogP contribution in [0.2, 0.25) is 0 Å². The summed E-state index contributed by atoms with van der Waals surface area (Å²) in [7, 11) is 0. The molecule has 0 aliphatic rings. The van der Waals surface area contributed by atoms with Gasteiger partial charge in [0, 0.05) is 5.56 Å². The summed E-state index contributed by atoms with van der Waals surface area (Å²) in [5, 5.41) is 3.98. The Hall–Kier alpha value is -2.46. The first-order valence-corrected chi connectivity index (χ1v) is 7.03. The summed E-state index contributed by atoms with van der Waals surface area (Å²) >= 11 is 0. The van der Waals surface area contributed by atoms with Gasteiger partial charge in [0.15, 0.2) is 0 Å². The number of nitrogens with zero attached hydrogens (tertiary/aromatic N) is 2. The average Bonchev–Trinajstić information content (AvgIpc) is 3.04. The van der Waals surface area contributed by atoms with Crippen LogP contribution < -0.4 is 5.73 Å². The van der Waals surface area contributed by atoms with Crippen LogP contribution >= 0.6 is 0 Å². The molecule has 106 valence electrons. The predicted molar refractivity (Wildman–Crippen MR) is 82.4 cm³/mol. The minimum absolute atomic E-state index is 0.256. The molecule has 21 heavy (non-hydrogen) atoms. The third-order valence-electron chi connectivity index (χ3n) is 3.48. The second-order valence-corrected chi connectivity index (χ2v) is 4.81. The summed E-state index contributed by atoms with van der Waals surface area (Å²) in [5.41, 5.74) is 10.1. The van der Waals surface area contributed by atoms with Gasteiger partial charge in [0.05, 0.1) is 6.54 Å². The summed E-state index contributed by atoms with van der Waals surface area (Å²) in [6, 6.07) is 16.6. The number of benzene rings is 2. The summed E-state index contributed by atoms with van der Waals surface area (Å²) in [6.07, 6.45) is 0.977. The Balaban J connectivity index is 2.08. The molecule has 4 heteroatoms. The molecule has 0 saturated heterocycles. The van der Waals surface area contributed by atoms with Crippen LogP contribution in [-0.4, -0.2) is 10.1 Å². The molecule has 0 fully saturated rings. The van der Waals surface area contributed by atoms with Gasteiger partial charge >= 0.3 is 0 Å². The van der Waals surface area contributed by atoms with Crippen LogP contribution in [0.15, 0.2) is 53.1 Å². The SMILES string of the molecule is CCc1ccc(-c2noc(CN)n2)cc1-c1ccccc1. The minimum Gasteiger partial charge on any atom is -0.338 e. The van der Waals surface area contributed by atoms with Gasteiger partial charge in [-0.1, -0.05) is 54.5 Å². The van der Waals surface area contributed by atoms with Gasteiger partial charge in [0.25, 0.3) is 0 Å². The third-order valence-corrected chi connectivity index (χ3v) is 3.48. The zero-order chi connectivity index (χ0) is 14.7. The highest BCUT2D eigenvalue weighted by atomic mass is 16.5. The van der Waals surface area contributed by atoms with E-state index < -0.39 is 0 Å². The van der Waals surface area contributed by atoms with Crippen molar-refractivity contribution in [2.75, 3.05) is 0 Å². The van der Waals surface area contributed by atoms with Crippen LogP contribution in [0.5, 0.6) is 0 Å². The molecule has 1 aromatic heterocycles. The van der Waals surface area contributed by atoms with Gasteiger partial charge in [0.2, 0.25) is 11.7 Å². The number of hydrogen-bond acceptors (Lipinski definition) is 4. The number of hydrogen-bond donors (Lipinski definition) is 1. The van der Waals surface area contributed by atoms with Crippen LogP contribution in [0, 0.1) is 0 Å². The van der Waals surface area contributed by atoms with E-state index in [0.29, 0.717) is 11.7 Å². The van der Waals surface area contributed by atoms with E-state index in [1.54, 1.807) is 0 Å². The average molecular weight is 279 g/mol. The van der Waals surface area contributed by atoms with Crippen molar-refractivity contribution in [1.82, 2.24) is 10.1 Å². The van der Waals surface area contributed by atoms with Crippen molar-refractivity contribution in [2.45, 2.75) is 19.9 Å². The minimum atomic E-state index is 0.256. The Bertz CT molecular complexity index is 735. The summed E-state index contributed by atoms with van der Waals surface area (Å²) < 4.78 is 5.08. The van der Waals surface area contributed by atoms with Crippen LogP contribution in [0.4, 0.5) is 0 Å². The molecule has 0 aliphatic carbocycles. The fraction of sp³-hybridized carbons (Fsp3) is 0.176. The molecule has 0 amide bonds. The zero-order valence-corrected chi connectivity index (χ0v) is 11.9. The highest BCUT2D eigenvalue weighted by Crippen LogP contribution is 2.28. The summed E-state index contributed by atoms with van der Waals surface area (Å²) in [6.45, 7) is 2.41. The van der Waals surface area contributed by atoms with Crippen LogP contribution in [0.3, 0.4) is 0 Å². The molecule has 0 spiro atoms. The Morgan fingerprint density at radius 1 is 1.05 bits per heavy atom. The highest BCUT2D eigenvalue weighted by molar-refractivity contribution is 5.73. The second kappa shape index (κ2) is 5.89. The number of aryl methyl sites for hydroxylation is 1. The van der Waals surface area contributed by atoms with E-state index in [9.17, 15) is 0 Å².